The molecule has 0 saturated heterocycles. The molecule has 0 aliphatic rings. The van der Waals surface area contributed by atoms with E-state index in [-0.39, 0.29) is 24.1 Å². The lowest BCUT2D eigenvalue weighted by Gasteiger charge is -2.14. The van der Waals surface area contributed by atoms with Gasteiger partial charge < -0.3 is 10.0 Å². The van der Waals surface area contributed by atoms with E-state index in [2.05, 4.69) is 10.2 Å². The van der Waals surface area contributed by atoms with Crippen LogP contribution in [0.2, 0.25) is 0 Å². The second-order valence-corrected chi connectivity index (χ2v) is 5.49. The molecule has 1 rings (SSSR count). The van der Waals surface area contributed by atoms with Crippen LogP contribution < -0.4 is 0 Å². The van der Waals surface area contributed by atoms with Crippen molar-refractivity contribution in [2.75, 3.05) is 19.8 Å². The molecule has 1 heterocycles. The lowest BCUT2D eigenvalue weighted by molar-refractivity contribution is -0.134. The maximum atomic E-state index is 11.8. The van der Waals surface area contributed by atoms with Crippen molar-refractivity contribution in [3.8, 4) is 0 Å². The number of thioether (sulfide) groups is 1. The maximum Gasteiger partial charge on any atom is 0.313 e. The second kappa shape index (κ2) is 6.55. The quantitative estimate of drug-likeness (QED) is 0.773. The van der Waals surface area contributed by atoms with Gasteiger partial charge in [-0.1, -0.05) is 25.6 Å². The smallest absolute Gasteiger partial charge is 0.313 e. The molecule has 1 aromatic rings. The highest BCUT2D eigenvalue weighted by Gasteiger charge is 2.19. The topological polar surface area (TPSA) is 88.3 Å². The summed E-state index contributed by atoms with van der Waals surface area (Å²) >= 11 is 1.07. The summed E-state index contributed by atoms with van der Waals surface area (Å²) < 4.78 is 1.68. The molecule has 1 amide bonds. The third-order valence-corrected chi connectivity index (χ3v) is 3.33. The number of carbonyl (C=O) groups excluding carboxylic acids is 1. The molecular weight excluding hydrogens is 268 g/mol. The summed E-state index contributed by atoms with van der Waals surface area (Å²) in [6.07, 6.45) is 0. The number of amides is 1. The van der Waals surface area contributed by atoms with E-state index < -0.39 is 5.97 Å². The number of rotatable bonds is 6. The molecule has 106 valence electrons. The fraction of sp³-hybridized carbons (Fsp3) is 0.636. The van der Waals surface area contributed by atoms with Gasteiger partial charge in [0.15, 0.2) is 5.16 Å². The molecular formula is C11H18N4O3S. The Bertz CT molecular complexity index is 471. The van der Waals surface area contributed by atoms with Gasteiger partial charge >= 0.3 is 5.97 Å². The minimum atomic E-state index is -0.926. The van der Waals surface area contributed by atoms with Crippen molar-refractivity contribution in [3.63, 3.8) is 0 Å². The summed E-state index contributed by atoms with van der Waals surface area (Å²) in [6.45, 7) is 4.02. The zero-order valence-electron chi connectivity index (χ0n) is 11.5. The molecule has 0 saturated carbocycles. The van der Waals surface area contributed by atoms with Gasteiger partial charge in [0.1, 0.15) is 12.4 Å². The third-order valence-electron chi connectivity index (χ3n) is 2.38. The first-order valence-corrected chi connectivity index (χ1v) is 6.79. The van der Waals surface area contributed by atoms with Crippen LogP contribution in [0.4, 0.5) is 0 Å². The molecule has 0 atom stereocenters. The van der Waals surface area contributed by atoms with Gasteiger partial charge in [-0.2, -0.15) is 0 Å². The normalized spacial score (nSPS) is 10.8. The van der Waals surface area contributed by atoms with Crippen LogP contribution in [0, 0.1) is 0 Å². The van der Waals surface area contributed by atoms with Gasteiger partial charge in [-0.05, 0) is 0 Å². The van der Waals surface area contributed by atoms with Crippen LogP contribution in [0.3, 0.4) is 0 Å². The lowest BCUT2D eigenvalue weighted by atomic mass is 10.2. The Balaban J connectivity index is 2.98. The van der Waals surface area contributed by atoms with Gasteiger partial charge in [0.05, 0.1) is 5.75 Å². The fourth-order valence-electron chi connectivity index (χ4n) is 1.39. The lowest BCUT2D eigenvalue weighted by Crippen LogP contribution is -2.27. The van der Waals surface area contributed by atoms with Crippen molar-refractivity contribution in [2.24, 2.45) is 0 Å². The molecule has 0 fully saturated rings. The number of carbonyl (C=O) groups is 2. The van der Waals surface area contributed by atoms with Crippen LogP contribution in [-0.4, -0.2) is 56.5 Å². The second-order valence-electron chi connectivity index (χ2n) is 4.55. The van der Waals surface area contributed by atoms with E-state index in [1.165, 1.54) is 4.90 Å². The Labute approximate surface area is 116 Å². The van der Waals surface area contributed by atoms with E-state index in [1.54, 1.807) is 18.7 Å². The summed E-state index contributed by atoms with van der Waals surface area (Å²) in [6, 6.07) is 0. The van der Waals surface area contributed by atoms with Gasteiger partial charge in [-0.25, -0.2) is 0 Å². The molecule has 0 spiro atoms. The van der Waals surface area contributed by atoms with Crippen molar-refractivity contribution in [1.82, 2.24) is 19.7 Å². The van der Waals surface area contributed by atoms with Gasteiger partial charge in [-0.15, -0.1) is 10.2 Å². The van der Waals surface area contributed by atoms with E-state index in [1.807, 2.05) is 13.8 Å². The van der Waals surface area contributed by atoms with Crippen molar-refractivity contribution in [1.29, 1.82) is 0 Å². The van der Waals surface area contributed by atoms with E-state index in [9.17, 15) is 9.59 Å². The first kappa shape index (κ1) is 15.5. The predicted molar refractivity (Wildman–Crippen MR) is 71.2 cm³/mol. The summed E-state index contributed by atoms with van der Waals surface area (Å²) in [7, 11) is 3.34. The van der Waals surface area contributed by atoms with E-state index in [0.29, 0.717) is 11.0 Å². The number of hydrogen-bond donors (Lipinski definition) is 1. The first-order valence-electron chi connectivity index (χ1n) is 5.80. The van der Waals surface area contributed by atoms with Crippen molar-refractivity contribution in [2.45, 2.75) is 31.5 Å². The Morgan fingerprint density at radius 3 is 2.47 bits per heavy atom. The molecule has 1 N–H and O–H groups in total. The molecule has 0 radical (unpaired) electrons. The molecule has 7 nitrogen and oxygen atoms in total. The predicted octanol–water partition coefficient (Wildman–Crippen LogP) is 0.666. The maximum absolute atomic E-state index is 11.8. The average molecular weight is 286 g/mol. The summed E-state index contributed by atoms with van der Waals surface area (Å²) in [5.41, 5.74) is 0. The highest BCUT2D eigenvalue weighted by Crippen LogP contribution is 2.21. The van der Waals surface area contributed by atoms with Crippen molar-refractivity contribution >= 4 is 23.6 Å². The van der Waals surface area contributed by atoms with Crippen LogP contribution in [0.15, 0.2) is 5.16 Å². The molecule has 0 unspecified atom stereocenters. The highest BCUT2D eigenvalue weighted by atomic mass is 32.2. The first-order chi connectivity index (χ1) is 8.82. The van der Waals surface area contributed by atoms with Crippen molar-refractivity contribution < 1.29 is 14.7 Å². The number of carboxylic acid groups (broad SMARTS) is 1. The number of hydrogen-bond acceptors (Lipinski definition) is 5. The van der Waals surface area contributed by atoms with Gasteiger partial charge in [0.25, 0.3) is 0 Å². The van der Waals surface area contributed by atoms with Crippen LogP contribution in [0.5, 0.6) is 0 Å². The van der Waals surface area contributed by atoms with Crippen LogP contribution in [0.1, 0.15) is 25.6 Å². The molecule has 1 aromatic heterocycles. The zero-order valence-corrected chi connectivity index (χ0v) is 12.3. The summed E-state index contributed by atoms with van der Waals surface area (Å²) in [5.74, 6) is -0.319. The van der Waals surface area contributed by atoms with E-state index in [0.717, 1.165) is 11.8 Å². The molecule has 0 bridgehead atoms. The van der Waals surface area contributed by atoms with Crippen molar-refractivity contribution in [3.05, 3.63) is 5.82 Å². The minimum Gasteiger partial charge on any atom is -0.481 e. The Hall–Kier alpha value is -1.57. The minimum absolute atomic E-state index is 0.0844. The number of likely N-dealkylation sites (N-methyl/N-ethyl adjacent to an activating group) is 1. The Kier molecular flexibility index (Phi) is 5.34. The standard InChI is InChI=1S/C11H18N4O3S/c1-7(2)10-12-13-11(19-6-9(17)18)15(10)5-8(16)14(3)4/h7H,5-6H2,1-4H3,(H,17,18). The van der Waals surface area contributed by atoms with Gasteiger partial charge in [0, 0.05) is 20.0 Å². The zero-order chi connectivity index (χ0) is 14.6. The van der Waals surface area contributed by atoms with Crippen LogP contribution in [0.25, 0.3) is 0 Å². The van der Waals surface area contributed by atoms with Crippen LogP contribution in [-0.2, 0) is 16.1 Å². The van der Waals surface area contributed by atoms with Gasteiger partial charge in [0.2, 0.25) is 5.91 Å². The number of nitrogens with zero attached hydrogens (tertiary/aromatic N) is 4. The average Bonchev–Trinajstić information content (AvgIpc) is 2.69. The van der Waals surface area contributed by atoms with E-state index >= 15 is 0 Å². The number of aliphatic carboxylic acids is 1. The number of aromatic nitrogens is 3. The van der Waals surface area contributed by atoms with E-state index in [4.69, 9.17) is 5.11 Å². The number of carboxylic acids is 1. The largest absolute Gasteiger partial charge is 0.481 e. The molecule has 8 heteroatoms. The highest BCUT2D eigenvalue weighted by molar-refractivity contribution is 7.99. The fourth-order valence-corrected chi connectivity index (χ4v) is 2.05. The SMILES string of the molecule is CC(C)c1nnc(SCC(=O)O)n1CC(=O)N(C)C. The monoisotopic (exact) mass is 286 g/mol. The van der Waals surface area contributed by atoms with Gasteiger partial charge in [-0.3, -0.25) is 14.2 Å². The summed E-state index contributed by atoms with van der Waals surface area (Å²) in [5, 5.41) is 17.2. The Morgan fingerprint density at radius 1 is 1.37 bits per heavy atom. The summed E-state index contributed by atoms with van der Waals surface area (Å²) in [4.78, 5) is 23.9. The Morgan fingerprint density at radius 2 is 2.00 bits per heavy atom. The molecule has 0 aromatic carbocycles. The third kappa shape index (κ3) is 4.23. The molecule has 19 heavy (non-hydrogen) atoms. The molecule has 0 aliphatic carbocycles. The van der Waals surface area contributed by atoms with Crippen LogP contribution >= 0.6 is 11.8 Å². The molecule has 0 aliphatic heterocycles.